The van der Waals surface area contributed by atoms with E-state index in [1.807, 2.05) is 28.0 Å². The normalized spacial score (nSPS) is 22.1. The summed E-state index contributed by atoms with van der Waals surface area (Å²) in [5.41, 5.74) is 2.31. The van der Waals surface area contributed by atoms with Gasteiger partial charge in [0.05, 0.1) is 11.4 Å². The third-order valence-electron chi connectivity index (χ3n) is 8.18. The summed E-state index contributed by atoms with van der Waals surface area (Å²) < 4.78 is 0. The van der Waals surface area contributed by atoms with Crippen LogP contribution in [0.5, 0.6) is 0 Å². The average Bonchev–Trinajstić information content (AvgIpc) is 3.77. The molecule has 2 saturated heterocycles. The van der Waals surface area contributed by atoms with Gasteiger partial charge in [-0.15, -0.1) is 0 Å². The van der Waals surface area contributed by atoms with Gasteiger partial charge in [0.25, 0.3) is 5.91 Å². The summed E-state index contributed by atoms with van der Waals surface area (Å²) >= 11 is 0. The number of carbonyl (C=O) groups excluding carboxylic acids is 3. The molecule has 2 saturated carbocycles. The van der Waals surface area contributed by atoms with Crippen molar-refractivity contribution in [1.82, 2.24) is 15.1 Å². The van der Waals surface area contributed by atoms with Crippen molar-refractivity contribution in [2.24, 2.45) is 11.8 Å². The number of hydrogen-bond acceptors (Lipinski definition) is 5. The molecule has 2 N–H and O–H groups in total. The maximum Gasteiger partial charge on any atom is 0.253 e. The van der Waals surface area contributed by atoms with E-state index in [0.717, 1.165) is 102 Å². The molecule has 36 heavy (non-hydrogen) atoms. The quantitative estimate of drug-likeness (QED) is 0.656. The van der Waals surface area contributed by atoms with Gasteiger partial charge in [0.2, 0.25) is 11.8 Å². The highest BCUT2D eigenvalue weighted by Crippen LogP contribution is 2.33. The fourth-order valence-corrected chi connectivity index (χ4v) is 5.84. The van der Waals surface area contributed by atoms with Crippen molar-refractivity contribution in [1.29, 1.82) is 0 Å². The van der Waals surface area contributed by atoms with Crippen molar-refractivity contribution < 1.29 is 14.4 Å². The Labute approximate surface area is 214 Å². The number of anilines is 2. The fraction of sp³-hybridized carbons (Fsp3) is 0.679. The Balaban J connectivity index is 1.36. The summed E-state index contributed by atoms with van der Waals surface area (Å²) in [6.45, 7) is 6.22. The zero-order valence-corrected chi connectivity index (χ0v) is 21.5. The highest BCUT2D eigenvalue weighted by molar-refractivity contribution is 6.00. The molecule has 0 atom stereocenters. The van der Waals surface area contributed by atoms with Crippen LogP contribution in [0, 0.1) is 11.8 Å². The first kappa shape index (κ1) is 25.1. The molecule has 0 bridgehead atoms. The summed E-state index contributed by atoms with van der Waals surface area (Å²) in [6, 6.07) is 5.79. The molecule has 1 aromatic carbocycles. The van der Waals surface area contributed by atoms with E-state index in [1.165, 1.54) is 6.42 Å². The lowest BCUT2D eigenvalue weighted by Gasteiger charge is -2.28. The highest BCUT2D eigenvalue weighted by Gasteiger charge is 2.34. The van der Waals surface area contributed by atoms with Crippen LogP contribution in [0.1, 0.15) is 68.1 Å². The first-order valence-corrected chi connectivity index (χ1v) is 14.1. The molecule has 4 aliphatic rings. The summed E-state index contributed by atoms with van der Waals surface area (Å²) in [5.74, 6) is 0.672. The fourth-order valence-electron chi connectivity index (χ4n) is 5.84. The van der Waals surface area contributed by atoms with Gasteiger partial charge in [0.15, 0.2) is 0 Å². The maximum absolute atomic E-state index is 13.4. The number of hydrogen-bond donors (Lipinski definition) is 2. The molecule has 0 aromatic heterocycles. The summed E-state index contributed by atoms with van der Waals surface area (Å²) in [7, 11) is 0. The zero-order chi connectivity index (χ0) is 24.9. The zero-order valence-electron chi connectivity index (χ0n) is 21.5. The van der Waals surface area contributed by atoms with Crippen LogP contribution in [0.4, 0.5) is 11.4 Å². The second-order valence-electron chi connectivity index (χ2n) is 10.9. The van der Waals surface area contributed by atoms with E-state index in [1.54, 1.807) is 0 Å². The Morgan fingerprint density at radius 3 is 2.36 bits per heavy atom. The number of carbonyl (C=O) groups is 3. The second kappa shape index (κ2) is 11.6. The second-order valence-corrected chi connectivity index (χ2v) is 10.9. The van der Waals surface area contributed by atoms with E-state index >= 15 is 0 Å². The van der Waals surface area contributed by atoms with E-state index in [4.69, 9.17) is 0 Å². The lowest BCUT2D eigenvalue weighted by atomic mass is 9.88. The van der Waals surface area contributed by atoms with E-state index in [-0.39, 0.29) is 23.7 Å². The van der Waals surface area contributed by atoms with Crippen LogP contribution in [0.2, 0.25) is 0 Å². The van der Waals surface area contributed by atoms with E-state index in [9.17, 15) is 14.4 Å². The van der Waals surface area contributed by atoms with Crippen LogP contribution in [0.15, 0.2) is 18.2 Å². The molecule has 2 heterocycles. The first-order valence-electron chi connectivity index (χ1n) is 14.1. The Kier molecular flexibility index (Phi) is 8.09. The number of benzene rings is 1. The van der Waals surface area contributed by atoms with Gasteiger partial charge in [-0.25, -0.2) is 0 Å². The number of rotatable bonds is 5. The molecule has 1 aromatic rings. The third-order valence-corrected chi connectivity index (χ3v) is 8.18. The Bertz CT molecular complexity index is 949. The number of nitrogens with zero attached hydrogens (tertiary/aromatic N) is 3. The lowest BCUT2D eigenvalue weighted by Crippen LogP contribution is -2.36. The molecular formula is C28H41N5O3. The minimum Gasteiger partial charge on any atom is -0.368 e. The van der Waals surface area contributed by atoms with Crippen LogP contribution in [0.3, 0.4) is 0 Å². The molecule has 4 fully saturated rings. The highest BCUT2D eigenvalue weighted by atomic mass is 16.2. The van der Waals surface area contributed by atoms with Gasteiger partial charge in [-0.2, -0.15) is 0 Å². The van der Waals surface area contributed by atoms with E-state index < -0.39 is 0 Å². The third kappa shape index (κ3) is 6.02. The minimum absolute atomic E-state index is 0.0236. The molecule has 196 valence electrons. The van der Waals surface area contributed by atoms with Crippen LogP contribution in [0.25, 0.3) is 0 Å². The summed E-state index contributed by atoms with van der Waals surface area (Å²) in [5, 5.41) is 6.58. The molecule has 0 radical (unpaired) electrons. The molecule has 0 spiro atoms. The van der Waals surface area contributed by atoms with Gasteiger partial charge in [-0.1, -0.05) is 19.3 Å². The van der Waals surface area contributed by atoms with Crippen molar-refractivity contribution in [3.63, 3.8) is 0 Å². The van der Waals surface area contributed by atoms with Crippen molar-refractivity contribution in [3.8, 4) is 0 Å². The van der Waals surface area contributed by atoms with Crippen LogP contribution >= 0.6 is 0 Å². The van der Waals surface area contributed by atoms with Gasteiger partial charge in [0.1, 0.15) is 0 Å². The number of nitrogens with one attached hydrogen (secondary N) is 2. The summed E-state index contributed by atoms with van der Waals surface area (Å²) in [6.07, 6.45) is 9.16. The maximum atomic E-state index is 13.4. The molecule has 0 unspecified atom stereocenters. The van der Waals surface area contributed by atoms with E-state index in [0.29, 0.717) is 24.6 Å². The van der Waals surface area contributed by atoms with Gasteiger partial charge in [0, 0.05) is 63.2 Å². The predicted octanol–water partition coefficient (Wildman–Crippen LogP) is 3.09. The topological polar surface area (TPSA) is 85.0 Å². The first-order chi connectivity index (χ1) is 17.6. The van der Waals surface area contributed by atoms with Crippen LogP contribution < -0.4 is 15.5 Å². The largest absolute Gasteiger partial charge is 0.368 e. The standard InChI is InChI=1S/C28H41N5O3/c34-26(21-6-2-1-3-7-21)30-24-20-23(28(36)32-14-4-12-29-13-17-32)10-11-25(24)31-15-5-16-33(19-18-31)27(35)22-8-9-22/h10-11,20-22,29H,1-9,12-19H2,(H,30,34). The van der Waals surface area contributed by atoms with Gasteiger partial charge in [-0.05, 0) is 63.3 Å². The molecule has 2 aliphatic carbocycles. The molecule has 8 nitrogen and oxygen atoms in total. The molecule has 5 rings (SSSR count). The predicted molar refractivity (Wildman–Crippen MR) is 141 cm³/mol. The molecule has 2 aliphatic heterocycles. The van der Waals surface area contributed by atoms with Gasteiger partial charge < -0.3 is 25.3 Å². The Morgan fingerprint density at radius 1 is 0.750 bits per heavy atom. The molecule has 8 heteroatoms. The van der Waals surface area contributed by atoms with Crippen LogP contribution in [-0.4, -0.2) is 79.9 Å². The van der Waals surface area contributed by atoms with Crippen molar-refractivity contribution in [2.75, 3.05) is 62.6 Å². The van der Waals surface area contributed by atoms with Crippen molar-refractivity contribution in [2.45, 2.75) is 57.8 Å². The summed E-state index contributed by atoms with van der Waals surface area (Å²) in [4.78, 5) is 45.4. The van der Waals surface area contributed by atoms with Crippen molar-refractivity contribution >= 4 is 29.1 Å². The molecule has 3 amide bonds. The average molecular weight is 496 g/mol. The van der Waals surface area contributed by atoms with Crippen molar-refractivity contribution in [3.05, 3.63) is 23.8 Å². The Morgan fingerprint density at radius 2 is 1.56 bits per heavy atom. The number of amides is 3. The van der Waals surface area contributed by atoms with Gasteiger partial charge >= 0.3 is 0 Å². The minimum atomic E-state index is 0.0236. The van der Waals surface area contributed by atoms with Crippen LogP contribution in [-0.2, 0) is 9.59 Å². The Hall–Kier alpha value is -2.61. The van der Waals surface area contributed by atoms with Gasteiger partial charge in [-0.3, -0.25) is 14.4 Å². The molecular weight excluding hydrogens is 454 g/mol. The SMILES string of the molecule is O=C(Nc1cc(C(=O)N2CCCNCC2)ccc1N1CCCN(C(=O)C2CC2)CC1)C1CCCCC1. The monoisotopic (exact) mass is 495 g/mol. The smallest absolute Gasteiger partial charge is 0.253 e. The van der Waals surface area contributed by atoms with E-state index in [2.05, 4.69) is 15.5 Å². The lowest BCUT2D eigenvalue weighted by molar-refractivity contribution is -0.132.